The van der Waals surface area contributed by atoms with Crippen molar-refractivity contribution in [2.24, 2.45) is 0 Å². The maximum absolute atomic E-state index is 12.7. The molecule has 0 unspecified atom stereocenters. The summed E-state index contributed by atoms with van der Waals surface area (Å²) in [5.74, 6) is 0.865. The molecule has 0 radical (unpaired) electrons. The molecule has 24 heavy (non-hydrogen) atoms. The quantitative estimate of drug-likeness (QED) is 0.647. The average Bonchev–Trinajstić information content (AvgIpc) is 2.60. The van der Waals surface area contributed by atoms with Crippen molar-refractivity contribution in [3.05, 3.63) is 53.1 Å². The van der Waals surface area contributed by atoms with Crippen molar-refractivity contribution < 1.29 is 24.1 Å². The lowest BCUT2D eigenvalue weighted by Crippen LogP contribution is -2.04. The number of aromatic hydroxyl groups is 1. The van der Waals surface area contributed by atoms with Gasteiger partial charge in [0.05, 0.1) is 21.3 Å². The van der Waals surface area contributed by atoms with E-state index in [-0.39, 0.29) is 22.8 Å². The highest BCUT2D eigenvalue weighted by atomic mass is 16.5. The minimum absolute atomic E-state index is 0.106. The highest BCUT2D eigenvalue weighted by Crippen LogP contribution is 2.35. The molecule has 5 nitrogen and oxygen atoms in total. The first kappa shape index (κ1) is 17.4. The second-order valence-electron chi connectivity index (χ2n) is 5.16. The summed E-state index contributed by atoms with van der Waals surface area (Å²) in [6.45, 7) is 1.69. The number of hydrogen-bond donors (Lipinski definition) is 1. The van der Waals surface area contributed by atoms with E-state index in [4.69, 9.17) is 14.2 Å². The number of benzene rings is 2. The topological polar surface area (TPSA) is 65.0 Å². The van der Waals surface area contributed by atoms with Crippen molar-refractivity contribution in [2.45, 2.75) is 6.92 Å². The Hall–Kier alpha value is -2.95. The second-order valence-corrected chi connectivity index (χ2v) is 5.16. The number of hydrogen-bond acceptors (Lipinski definition) is 5. The summed E-state index contributed by atoms with van der Waals surface area (Å²) in [6, 6.07) is 10.3. The molecule has 2 aromatic rings. The van der Waals surface area contributed by atoms with E-state index in [0.717, 1.165) is 5.56 Å². The standard InChI is InChI=1S/C19H20O5/c1-12(8-13-6-5-7-14(9-13)22-2)19(21)18-16(20)10-15(23-3)11-17(18)24-4/h5-11,20H,1-4H3/b12-8+. The van der Waals surface area contributed by atoms with Crippen molar-refractivity contribution in [1.29, 1.82) is 0 Å². The predicted molar refractivity (Wildman–Crippen MR) is 92.2 cm³/mol. The molecule has 0 bridgehead atoms. The molecule has 0 aliphatic heterocycles. The van der Waals surface area contributed by atoms with Gasteiger partial charge < -0.3 is 19.3 Å². The summed E-state index contributed by atoms with van der Waals surface area (Å²) in [5, 5.41) is 10.2. The van der Waals surface area contributed by atoms with Gasteiger partial charge in [0.2, 0.25) is 0 Å². The maximum atomic E-state index is 12.7. The Morgan fingerprint density at radius 3 is 2.33 bits per heavy atom. The summed E-state index contributed by atoms with van der Waals surface area (Å²) >= 11 is 0. The van der Waals surface area contributed by atoms with Crippen LogP contribution in [0.1, 0.15) is 22.8 Å². The summed E-state index contributed by atoms with van der Waals surface area (Å²) in [6.07, 6.45) is 1.73. The molecule has 0 saturated heterocycles. The molecular weight excluding hydrogens is 308 g/mol. The van der Waals surface area contributed by atoms with E-state index in [1.54, 1.807) is 26.2 Å². The lowest BCUT2D eigenvalue weighted by molar-refractivity contribution is 0.103. The van der Waals surface area contributed by atoms with Crippen LogP contribution >= 0.6 is 0 Å². The summed E-state index contributed by atoms with van der Waals surface area (Å²) < 4.78 is 15.5. The van der Waals surface area contributed by atoms with Crippen molar-refractivity contribution in [3.8, 4) is 23.0 Å². The Labute approximate surface area is 141 Å². The van der Waals surface area contributed by atoms with Crippen LogP contribution in [0.3, 0.4) is 0 Å². The third kappa shape index (κ3) is 3.68. The van der Waals surface area contributed by atoms with Gasteiger partial charge >= 0.3 is 0 Å². The lowest BCUT2D eigenvalue weighted by atomic mass is 10.00. The van der Waals surface area contributed by atoms with Crippen LogP contribution in [0.2, 0.25) is 0 Å². The van der Waals surface area contributed by atoms with Gasteiger partial charge in [-0.05, 0) is 36.3 Å². The van der Waals surface area contributed by atoms with Crippen LogP contribution in [-0.2, 0) is 0 Å². The van der Waals surface area contributed by atoms with E-state index in [9.17, 15) is 9.90 Å². The highest BCUT2D eigenvalue weighted by Gasteiger charge is 2.20. The SMILES string of the molecule is COc1cccc(/C=C(\C)C(=O)c2c(O)cc(OC)cc2OC)c1. The van der Waals surface area contributed by atoms with Gasteiger partial charge in [-0.3, -0.25) is 4.79 Å². The number of ether oxygens (including phenoxy) is 3. The van der Waals surface area contributed by atoms with Crippen LogP contribution in [0.4, 0.5) is 0 Å². The Balaban J connectivity index is 2.42. The lowest BCUT2D eigenvalue weighted by Gasteiger charge is -2.12. The van der Waals surface area contributed by atoms with Crippen LogP contribution in [0.5, 0.6) is 23.0 Å². The molecule has 0 aromatic heterocycles. The van der Waals surface area contributed by atoms with Crippen molar-refractivity contribution in [1.82, 2.24) is 0 Å². The number of phenolic OH excluding ortho intramolecular Hbond substituents is 1. The first-order valence-corrected chi connectivity index (χ1v) is 7.32. The Morgan fingerprint density at radius 1 is 1.00 bits per heavy atom. The monoisotopic (exact) mass is 328 g/mol. The fourth-order valence-corrected chi connectivity index (χ4v) is 2.33. The van der Waals surface area contributed by atoms with Gasteiger partial charge in [0.25, 0.3) is 0 Å². The maximum Gasteiger partial charge on any atom is 0.196 e. The molecule has 0 heterocycles. The predicted octanol–water partition coefficient (Wildman–Crippen LogP) is 3.70. The molecule has 1 N–H and O–H groups in total. The van der Waals surface area contributed by atoms with E-state index in [1.165, 1.54) is 20.3 Å². The zero-order valence-electron chi connectivity index (χ0n) is 14.1. The molecule has 5 heteroatoms. The van der Waals surface area contributed by atoms with Crippen LogP contribution in [0, 0.1) is 0 Å². The Morgan fingerprint density at radius 2 is 1.71 bits per heavy atom. The summed E-state index contributed by atoms with van der Waals surface area (Å²) in [7, 11) is 4.50. The number of Topliss-reactive ketones (excluding diaryl/α,β-unsaturated/α-hetero) is 1. The smallest absolute Gasteiger partial charge is 0.196 e. The highest BCUT2D eigenvalue weighted by molar-refractivity contribution is 6.14. The Bertz CT molecular complexity index is 777. The van der Waals surface area contributed by atoms with Gasteiger partial charge in [-0.15, -0.1) is 0 Å². The molecule has 0 amide bonds. The van der Waals surface area contributed by atoms with Crippen molar-refractivity contribution >= 4 is 11.9 Å². The second kappa shape index (κ2) is 7.55. The molecule has 0 fully saturated rings. The van der Waals surface area contributed by atoms with E-state index in [0.29, 0.717) is 17.1 Å². The fourth-order valence-electron chi connectivity index (χ4n) is 2.33. The molecule has 126 valence electrons. The van der Waals surface area contributed by atoms with Gasteiger partial charge in [-0.2, -0.15) is 0 Å². The van der Waals surface area contributed by atoms with Gasteiger partial charge in [0.15, 0.2) is 5.78 Å². The number of rotatable bonds is 6. The zero-order chi connectivity index (χ0) is 17.7. The molecule has 0 saturated carbocycles. The molecular formula is C19H20O5. The van der Waals surface area contributed by atoms with Crippen LogP contribution in [-0.4, -0.2) is 32.2 Å². The van der Waals surface area contributed by atoms with E-state index in [1.807, 2.05) is 24.3 Å². The summed E-state index contributed by atoms with van der Waals surface area (Å²) in [5.41, 5.74) is 1.39. The average molecular weight is 328 g/mol. The molecule has 0 aliphatic rings. The molecule has 0 aliphatic carbocycles. The number of methoxy groups -OCH3 is 3. The van der Waals surface area contributed by atoms with E-state index >= 15 is 0 Å². The van der Waals surface area contributed by atoms with Gasteiger partial charge in [0, 0.05) is 12.1 Å². The Kier molecular flexibility index (Phi) is 5.47. The number of carbonyl (C=O) groups is 1. The van der Waals surface area contributed by atoms with Crippen LogP contribution in [0.15, 0.2) is 42.0 Å². The summed E-state index contributed by atoms with van der Waals surface area (Å²) in [4.78, 5) is 12.7. The van der Waals surface area contributed by atoms with Crippen LogP contribution < -0.4 is 14.2 Å². The molecule has 0 spiro atoms. The normalized spacial score (nSPS) is 11.1. The van der Waals surface area contributed by atoms with Gasteiger partial charge in [-0.25, -0.2) is 0 Å². The third-order valence-corrected chi connectivity index (χ3v) is 3.57. The minimum atomic E-state index is -0.324. The molecule has 0 atom stereocenters. The molecule has 2 aromatic carbocycles. The van der Waals surface area contributed by atoms with E-state index in [2.05, 4.69) is 0 Å². The number of ketones is 1. The number of carbonyl (C=O) groups excluding carboxylic acids is 1. The fraction of sp³-hybridized carbons (Fsp3) is 0.211. The number of allylic oxidation sites excluding steroid dienone is 1. The zero-order valence-corrected chi connectivity index (χ0v) is 14.1. The third-order valence-electron chi connectivity index (χ3n) is 3.57. The van der Waals surface area contributed by atoms with E-state index < -0.39 is 0 Å². The first-order chi connectivity index (χ1) is 11.5. The van der Waals surface area contributed by atoms with Gasteiger partial charge in [-0.1, -0.05) is 12.1 Å². The van der Waals surface area contributed by atoms with Crippen LogP contribution in [0.25, 0.3) is 6.08 Å². The van der Waals surface area contributed by atoms with Crippen molar-refractivity contribution in [2.75, 3.05) is 21.3 Å². The minimum Gasteiger partial charge on any atom is -0.507 e. The number of phenols is 1. The largest absolute Gasteiger partial charge is 0.507 e. The van der Waals surface area contributed by atoms with Crippen molar-refractivity contribution in [3.63, 3.8) is 0 Å². The van der Waals surface area contributed by atoms with Gasteiger partial charge in [0.1, 0.15) is 28.6 Å². The molecule has 2 rings (SSSR count). The first-order valence-electron chi connectivity index (χ1n) is 7.32.